The highest BCUT2D eigenvalue weighted by molar-refractivity contribution is 5.96. The van der Waals surface area contributed by atoms with Gasteiger partial charge in [0, 0.05) is 20.1 Å². The molecule has 0 aliphatic rings. The molecule has 4 nitrogen and oxygen atoms in total. The number of likely N-dealkylation sites (N-methyl/N-ethyl adjacent to an activating group) is 1. The molecule has 0 heterocycles. The maximum Gasteiger partial charge on any atom is 0.257 e. The molecular formula is C14H22N2O2. The monoisotopic (exact) mass is 250 g/mol. The molecule has 0 spiro atoms. The Hall–Kier alpha value is -1.84. The van der Waals surface area contributed by atoms with Crippen molar-refractivity contribution in [1.82, 2.24) is 4.90 Å². The summed E-state index contributed by atoms with van der Waals surface area (Å²) in [5, 5.41) is 0. The van der Waals surface area contributed by atoms with Crippen molar-refractivity contribution in [2.75, 3.05) is 14.1 Å². The van der Waals surface area contributed by atoms with Gasteiger partial charge in [0.1, 0.15) is 11.5 Å². The van der Waals surface area contributed by atoms with Crippen LogP contribution in [0.5, 0.6) is 0 Å². The summed E-state index contributed by atoms with van der Waals surface area (Å²) in [5.41, 5.74) is 0.428. The second-order valence-corrected chi connectivity index (χ2v) is 4.14. The van der Waals surface area contributed by atoms with Crippen molar-refractivity contribution in [2.45, 2.75) is 26.8 Å². The van der Waals surface area contributed by atoms with Gasteiger partial charge >= 0.3 is 0 Å². The van der Waals surface area contributed by atoms with Crippen LogP contribution in [0.2, 0.25) is 0 Å². The van der Waals surface area contributed by atoms with E-state index in [1.165, 1.54) is 12.3 Å². The third-order valence-corrected chi connectivity index (χ3v) is 2.47. The number of nitrogens with zero attached hydrogens (tertiary/aromatic N) is 2. The fourth-order valence-electron chi connectivity index (χ4n) is 1.23. The maximum absolute atomic E-state index is 12.2. The van der Waals surface area contributed by atoms with Crippen LogP contribution >= 0.6 is 0 Å². The van der Waals surface area contributed by atoms with E-state index in [9.17, 15) is 4.79 Å². The van der Waals surface area contributed by atoms with E-state index >= 15 is 0 Å². The molecule has 0 unspecified atom stereocenters. The number of ether oxygens (including phenoxy) is 1. The van der Waals surface area contributed by atoms with E-state index in [1.807, 2.05) is 13.8 Å². The van der Waals surface area contributed by atoms with Gasteiger partial charge in [0.15, 0.2) is 0 Å². The number of carbonyl (C=O) groups excluding carboxylic acids is 1. The van der Waals surface area contributed by atoms with Crippen LogP contribution in [0, 0.1) is 0 Å². The van der Waals surface area contributed by atoms with Crippen molar-refractivity contribution in [2.24, 2.45) is 4.99 Å². The normalized spacial score (nSPS) is 12.3. The van der Waals surface area contributed by atoms with Crippen LogP contribution in [0.4, 0.5) is 0 Å². The highest BCUT2D eigenvalue weighted by Gasteiger charge is 2.18. The van der Waals surface area contributed by atoms with Crippen molar-refractivity contribution < 1.29 is 9.53 Å². The lowest BCUT2D eigenvalue weighted by Gasteiger charge is -2.22. The average Bonchev–Trinajstić information content (AvgIpc) is 2.28. The topological polar surface area (TPSA) is 41.9 Å². The lowest BCUT2D eigenvalue weighted by molar-refractivity contribution is -0.127. The van der Waals surface area contributed by atoms with Crippen LogP contribution in [-0.2, 0) is 9.53 Å². The molecule has 4 heteroatoms. The second kappa shape index (κ2) is 7.48. The van der Waals surface area contributed by atoms with Crippen LogP contribution in [0.25, 0.3) is 0 Å². The molecule has 0 aromatic rings. The third kappa shape index (κ3) is 4.57. The van der Waals surface area contributed by atoms with Gasteiger partial charge in [-0.1, -0.05) is 19.2 Å². The largest absolute Gasteiger partial charge is 0.460 e. The molecule has 0 aromatic carbocycles. The van der Waals surface area contributed by atoms with Gasteiger partial charge in [-0.05, 0) is 20.8 Å². The molecule has 0 aromatic heterocycles. The zero-order valence-electron chi connectivity index (χ0n) is 11.9. The predicted molar refractivity (Wildman–Crippen MR) is 75.4 cm³/mol. The minimum absolute atomic E-state index is 0.112. The van der Waals surface area contributed by atoms with E-state index in [1.54, 1.807) is 25.9 Å². The van der Waals surface area contributed by atoms with Gasteiger partial charge in [0.25, 0.3) is 5.91 Å². The summed E-state index contributed by atoms with van der Waals surface area (Å²) in [7, 11) is 3.37. The fourth-order valence-corrected chi connectivity index (χ4v) is 1.23. The van der Waals surface area contributed by atoms with E-state index in [-0.39, 0.29) is 11.9 Å². The summed E-state index contributed by atoms with van der Waals surface area (Å²) >= 11 is 0. The minimum atomic E-state index is -0.126. The van der Waals surface area contributed by atoms with Crippen molar-refractivity contribution in [3.05, 3.63) is 36.3 Å². The Kier molecular flexibility index (Phi) is 6.71. The Morgan fingerprint density at radius 3 is 2.39 bits per heavy atom. The molecule has 0 saturated heterocycles. The van der Waals surface area contributed by atoms with Crippen molar-refractivity contribution >= 4 is 12.1 Å². The first-order valence-electron chi connectivity index (χ1n) is 5.74. The summed E-state index contributed by atoms with van der Waals surface area (Å²) in [6.07, 6.45) is 2.98. The molecule has 0 rings (SSSR count). The van der Waals surface area contributed by atoms with E-state index in [0.29, 0.717) is 17.1 Å². The van der Waals surface area contributed by atoms with Crippen LogP contribution in [-0.4, -0.2) is 37.2 Å². The molecule has 0 fully saturated rings. The quantitative estimate of drug-likeness (QED) is 0.314. The molecule has 0 saturated carbocycles. The number of rotatable bonds is 6. The maximum atomic E-state index is 12.2. The van der Waals surface area contributed by atoms with E-state index < -0.39 is 0 Å². The zero-order valence-corrected chi connectivity index (χ0v) is 11.9. The molecule has 0 aliphatic carbocycles. The van der Waals surface area contributed by atoms with Gasteiger partial charge in [-0.25, -0.2) is 0 Å². The van der Waals surface area contributed by atoms with Gasteiger partial charge < -0.3 is 9.64 Å². The van der Waals surface area contributed by atoms with Gasteiger partial charge in [0.2, 0.25) is 0 Å². The zero-order chi connectivity index (χ0) is 14.3. The number of aliphatic imine (C=N–C) groups is 1. The highest BCUT2D eigenvalue weighted by Crippen LogP contribution is 2.14. The summed E-state index contributed by atoms with van der Waals surface area (Å²) in [6.45, 7) is 12.9. The first-order chi connectivity index (χ1) is 8.34. The smallest absolute Gasteiger partial charge is 0.257 e. The molecule has 0 radical (unpaired) electrons. The van der Waals surface area contributed by atoms with Crippen molar-refractivity contribution in [1.29, 1.82) is 0 Å². The standard InChI is InChI=1S/C14H22N2O2/c1-8-13(14(17)16(7)10(2)3)12(5)18-11(4)9-15-6/h8-10H,1,4H2,2-3,5-7H3/b13-12-,15-9?. The second-order valence-electron chi connectivity index (χ2n) is 4.14. The van der Waals surface area contributed by atoms with Gasteiger partial charge in [0.05, 0.1) is 11.8 Å². The van der Waals surface area contributed by atoms with E-state index in [2.05, 4.69) is 18.2 Å². The summed E-state index contributed by atoms with van der Waals surface area (Å²) < 4.78 is 5.41. The lowest BCUT2D eigenvalue weighted by Crippen LogP contribution is -2.34. The van der Waals surface area contributed by atoms with E-state index in [4.69, 9.17) is 4.74 Å². The molecule has 1 amide bonds. The first kappa shape index (κ1) is 16.2. The lowest BCUT2D eigenvalue weighted by atomic mass is 10.2. The minimum Gasteiger partial charge on any atom is -0.460 e. The number of hydrogen-bond donors (Lipinski definition) is 0. The van der Waals surface area contributed by atoms with Gasteiger partial charge in [-0.3, -0.25) is 9.79 Å². The van der Waals surface area contributed by atoms with Gasteiger partial charge in [-0.15, -0.1) is 0 Å². The average molecular weight is 250 g/mol. The van der Waals surface area contributed by atoms with Crippen LogP contribution < -0.4 is 0 Å². The Bertz CT molecular complexity index is 393. The molecule has 0 bridgehead atoms. The van der Waals surface area contributed by atoms with Crippen LogP contribution in [0.1, 0.15) is 20.8 Å². The SMILES string of the molecule is C=C/C(C(=O)N(C)C(C)C)=C(\C)OC(=C)C=NC. The molecule has 18 heavy (non-hydrogen) atoms. The summed E-state index contributed by atoms with van der Waals surface area (Å²) in [4.78, 5) is 17.6. The van der Waals surface area contributed by atoms with Crippen LogP contribution in [0.3, 0.4) is 0 Å². The van der Waals surface area contributed by atoms with Crippen molar-refractivity contribution in [3.8, 4) is 0 Å². The molecule has 0 N–H and O–H groups in total. The fraction of sp³-hybridized carbons (Fsp3) is 0.429. The number of carbonyl (C=O) groups is 1. The Balaban J connectivity index is 5.10. The summed E-state index contributed by atoms with van der Waals surface area (Å²) in [5.74, 6) is 0.723. The Morgan fingerprint density at radius 1 is 1.44 bits per heavy atom. The first-order valence-corrected chi connectivity index (χ1v) is 5.74. The number of hydrogen-bond acceptors (Lipinski definition) is 3. The molecule has 0 aliphatic heterocycles. The predicted octanol–water partition coefficient (Wildman–Crippen LogP) is 2.54. The highest BCUT2D eigenvalue weighted by atomic mass is 16.5. The summed E-state index contributed by atoms with van der Waals surface area (Å²) in [6, 6.07) is 0.112. The molecule has 0 atom stereocenters. The van der Waals surface area contributed by atoms with Crippen molar-refractivity contribution in [3.63, 3.8) is 0 Å². The molecular weight excluding hydrogens is 228 g/mol. The number of allylic oxidation sites excluding steroid dienone is 2. The Labute approximate surface area is 109 Å². The van der Waals surface area contributed by atoms with E-state index in [0.717, 1.165) is 0 Å². The third-order valence-electron chi connectivity index (χ3n) is 2.47. The van der Waals surface area contributed by atoms with Gasteiger partial charge in [-0.2, -0.15) is 0 Å². The number of amides is 1. The Morgan fingerprint density at radius 2 is 2.00 bits per heavy atom. The van der Waals surface area contributed by atoms with Crippen LogP contribution in [0.15, 0.2) is 41.3 Å². The molecule has 100 valence electrons.